The zero-order valence-corrected chi connectivity index (χ0v) is 8.58. The number of hydrogen-bond donors (Lipinski definition) is 1. The maximum absolute atomic E-state index is 5.74. The van der Waals surface area contributed by atoms with Gasteiger partial charge in [-0.05, 0) is 6.07 Å². The van der Waals surface area contributed by atoms with Gasteiger partial charge >= 0.3 is 0 Å². The fourth-order valence-corrected chi connectivity index (χ4v) is 1.49. The second-order valence-electron chi connectivity index (χ2n) is 3.22. The molecule has 1 aromatic rings. The topological polar surface area (TPSA) is 53.7 Å². The van der Waals surface area contributed by atoms with Crippen molar-refractivity contribution >= 4 is 11.4 Å². The molecule has 0 unspecified atom stereocenters. The summed E-state index contributed by atoms with van der Waals surface area (Å²) < 4.78 is 16.0. The first kappa shape index (κ1) is 9.71. The van der Waals surface area contributed by atoms with Crippen LogP contribution in [0.3, 0.4) is 0 Å². The van der Waals surface area contributed by atoms with Crippen LogP contribution in [-0.4, -0.2) is 20.3 Å². The maximum Gasteiger partial charge on any atom is 0.172 e. The lowest BCUT2D eigenvalue weighted by atomic mass is 10.1. The van der Waals surface area contributed by atoms with Gasteiger partial charge in [-0.25, -0.2) is 0 Å². The molecule has 0 fully saturated rings. The van der Waals surface area contributed by atoms with E-state index < -0.39 is 0 Å². The van der Waals surface area contributed by atoms with Gasteiger partial charge in [0, 0.05) is 11.8 Å². The molecule has 0 saturated carbocycles. The summed E-state index contributed by atoms with van der Waals surface area (Å²) in [5, 5.41) is 0. The Bertz CT molecular complexity index is 401. The third kappa shape index (κ3) is 1.70. The first-order chi connectivity index (χ1) is 7.22. The Morgan fingerprint density at radius 1 is 1.40 bits per heavy atom. The minimum atomic E-state index is 0.518. The van der Waals surface area contributed by atoms with Crippen LogP contribution in [0.1, 0.15) is 5.56 Å². The molecule has 1 heterocycles. The van der Waals surface area contributed by atoms with Crippen molar-refractivity contribution in [3.63, 3.8) is 0 Å². The van der Waals surface area contributed by atoms with E-state index in [9.17, 15) is 0 Å². The predicted octanol–water partition coefficient (Wildman–Crippen LogP) is 1.66. The van der Waals surface area contributed by atoms with E-state index in [4.69, 9.17) is 19.9 Å². The van der Waals surface area contributed by atoms with Gasteiger partial charge in [-0.1, -0.05) is 6.58 Å². The molecule has 0 radical (unpaired) electrons. The second kappa shape index (κ2) is 3.73. The fraction of sp³-hybridized carbons (Fsp3) is 0.273. The van der Waals surface area contributed by atoms with Crippen molar-refractivity contribution in [2.75, 3.05) is 26.1 Å². The SMILES string of the molecule is C=C(OC)c1cc(N)cc2c1OCCO2. The molecule has 0 aliphatic carbocycles. The van der Waals surface area contributed by atoms with E-state index >= 15 is 0 Å². The third-order valence-electron chi connectivity index (χ3n) is 2.21. The number of ether oxygens (including phenoxy) is 3. The molecule has 0 bridgehead atoms. The Kier molecular flexibility index (Phi) is 2.41. The molecule has 0 atom stereocenters. The third-order valence-corrected chi connectivity index (χ3v) is 2.21. The van der Waals surface area contributed by atoms with E-state index in [-0.39, 0.29) is 0 Å². The monoisotopic (exact) mass is 207 g/mol. The highest BCUT2D eigenvalue weighted by Crippen LogP contribution is 2.39. The van der Waals surface area contributed by atoms with Crippen LogP contribution in [-0.2, 0) is 4.74 Å². The van der Waals surface area contributed by atoms with Crippen LogP contribution in [0.4, 0.5) is 5.69 Å². The number of methoxy groups -OCH3 is 1. The average Bonchev–Trinajstić information content (AvgIpc) is 2.26. The molecule has 4 heteroatoms. The van der Waals surface area contributed by atoms with Crippen molar-refractivity contribution in [2.24, 2.45) is 0 Å². The number of fused-ring (bicyclic) bond motifs is 1. The molecule has 80 valence electrons. The summed E-state index contributed by atoms with van der Waals surface area (Å²) in [5.41, 5.74) is 7.09. The average molecular weight is 207 g/mol. The number of rotatable bonds is 2. The summed E-state index contributed by atoms with van der Waals surface area (Å²) in [6.07, 6.45) is 0. The van der Waals surface area contributed by atoms with Gasteiger partial charge in [0.15, 0.2) is 11.5 Å². The number of nitrogen functional groups attached to an aromatic ring is 1. The summed E-state index contributed by atoms with van der Waals surface area (Å²) in [5.74, 6) is 1.82. The van der Waals surface area contributed by atoms with Crippen LogP contribution >= 0.6 is 0 Å². The summed E-state index contributed by atoms with van der Waals surface area (Å²) in [6.45, 7) is 4.85. The highest BCUT2D eigenvalue weighted by atomic mass is 16.6. The molecular weight excluding hydrogens is 194 g/mol. The highest BCUT2D eigenvalue weighted by Gasteiger charge is 2.18. The summed E-state index contributed by atoms with van der Waals surface area (Å²) >= 11 is 0. The lowest BCUT2D eigenvalue weighted by molar-refractivity contribution is 0.170. The van der Waals surface area contributed by atoms with Gasteiger partial charge in [-0.3, -0.25) is 0 Å². The van der Waals surface area contributed by atoms with Gasteiger partial charge in [-0.2, -0.15) is 0 Å². The summed E-state index contributed by atoms with van der Waals surface area (Å²) in [4.78, 5) is 0. The van der Waals surface area contributed by atoms with Crippen molar-refractivity contribution in [1.82, 2.24) is 0 Å². The molecule has 4 nitrogen and oxygen atoms in total. The van der Waals surface area contributed by atoms with E-state index in [1.165, 1.54) is 0 Å². The zero-order chi connectivity index (χ0) is 10.8. The highest BCUT2D eigenvalue weighted by molar-refractivity contribution is 5.72. The normalized spacial score (nSPS) is 13.4. The quantitative estimate of drug-likeness (QED) is 0.592. The van der Waals surface area contributed by atoms with Crippen LogP contribution < -0.4 is 15.2 Å². The minimum Gasteiger partial charge on any atom is -0.497 e. The first-order valence-electron chi connectivity index (χ1n) is 4.64. The molecule has 0 aromatic heterocycles. The van der Waals surface area contributed by atoms with Crippen molar-refractivity contribution in [3.8, 4) is 11.5 Å². The van der Waals surface area contributed by atoms with Crippen molar-refractivity contribution in [1.29, 1.82) is 0 Å². The molecule has 15 heavy (non-hydrogen) atoms. The van der Waals surface area contributed by atoms with Gasteiger partial charge in [0.05, 0.1) is 12.7 Å². The molecule has 2 rings (SSSR count). The van der Waals surface area contributed by atoms with Crippen molar-refractivity contribution < 1.29 is 14.2 Å². The lowest BCUT2D eigenvalue weighted by Gasteiger charge is -2.21. The Balaban J connectivity index is 2.52. The van der Waals surface area contributed by atoms with E-state index in [0.717, 1.165) is 5.56 Å². The van der Waals surface area contributed by atoms with Gasteiger partial charge in [0.25, 0.3) is 0 Å². The maximum atomic E-state index is 5.74. The number of nitrogens with two attached hydrogens (primary N) is 1. The van der Waals surface area contributed by atoms with Crippen molar-refractivity contribution in [3.05, 3.63) is 24.3 Å². The van der Waals surface area contributed by atoms with Gasteiger partial charge < -0.3 is 19.9 Å². The van der Waals surface area contributed by atoms with E-state index in [1.807, 2.05) is 0 Å². The van der Waals surface area contributed by atoms with E-state index in [0.29, 0.717) is 36.2 Å². The second-order valence-corrected chi connectivity index (χ2v) is 3.22. The molecule has 2 N–H and O–H groups in total. The fourth-order valence-electron chi connectivity index (χ4n) is 1.49. The number of anilines is 1. The lowest BCUT2D eigenvalue weighted by Crippen LogP contribution is -2.16. The smallest absolute Gasteiger partial charge is 0.172 e. The molecule has 0 amide bonds. The standard InChI is InChI=1S/C11H13NO3/c1-7(13-2)9-5-8(12)6-10-11(9)15-4-3-14-10/h5-6H,1,3-4,12H2,2H3. The summed E-state index contributed by atoms with van der Waals surface area (Å²) in [7, 11) is 1.56. The molecule has 1 aliphatic rings. The Morgan fingerprint density at radius 3 is 2.87 bits per heavy atom. The summed E-state index contributed by atoms with van der Waals surface area (Å²) in [6, 6.07) is 3.50. The molecule has 1 aromatic carbocycles. The van der Waals surface area contributed by atoms with Crippen LogP contribution in [0.15, 0.2) is 18.7 Å². The van der Waals surface area contributed by atoms with E-state index in [1.54, 1.807) is 19.2 Å². The van der Waals surface area contributed by atoms with Crippen molar-refractivity contribution in [2.45, 2.75) is 0 Å². The minimum absolute atomic E-state index is 0.518. The predicted molar refractivity (Wildman–Crippen MR) is 57.9 cm³/mol. The van der Waals surface area contributed by atoms with Gasteiger partial charge in [0.2, 0.25) is 0 Å². The van der Waals surface area contributed by atoms with Crippen LogP contribution in [0, 0.1) is 0 Å². The van der Waals surface area contributed by atoms with Crippen LogP contribution in [0.2, 0.25) is 0 Å². The Morgan fingerprint density at radius 2 is 2.13 bits per heavy atom. The Hall–Kier alpha value is -1.84. The molecular formula is C11H13NO3. The van der Waals surface area contributed by atoms with Crippen LogP contribution in [0.25, 0.3) is 5.76 Å². The molecule has 1 aliphatic heterocycles. The molecule has 0 spiro atoms. The van der Waals surface area contributed by atoms with E-state index in [2.05, 4.69) is 6.58 Å². The van der Waals surface area contributed by atoms with Gasteiger partial charge in [-0.15, -0.1) is 0 Å². The number of hydrogen-bond acceptors (Lipinski definition) is 4. The Labute approximate surface area is 88.2 Å². The number of benzene rings is 1. The largest absolute Gasteiger partial charge is 0.497 e. The van der Waals surface area contributed by atoms with Crippen LogP contribution in [0.5, 0.6) is 11.5 Å². The zero-order valence-electron chi connectivity index (χ0n) is 8.58. The van der Waals surface area contributed by atoms with Gasteiger partial charge in [0.1, 0.15) is 19.0 Å². The molecule has 0 saturated heterocycles. The first-order valence-corrected chi connectivity index (χ1v) is 4.64.